The molecule has 0 saturated carbocycles. The second-order valence-electron chi connectivity index (χ2n) is 9.63. The normalized spacial score (nSPS) is 13.3. The Bertz CT molecular complexity index is 1540. The summed E-state index contributed by atoms with van der Waals surface area (Å²) < 4.78 is 7.14. The number of carbonyl (C=O) groups excluding carboxylic acids is 1. The van der Waals surface area contributed by atoms with Gasteiger partial charge < -0.3 is 29.6 Å². The van der Waals surface area contributed by atoms with Crippen LogP contribution in [0.4, 0.5) is 5.69 Å². The fraction of sp³-hybridized carbons (Fsp3) is 0.333. The van der Waals surface area contributed by atoms with Gasteiger partial charge in [-0.15, -0.1) is 11.3 Å². The van der Waals surface area contributed by atoms with E-state index in [-0.39, 0.29) is 11.5 Å². The molecular formula is C27H30N4O4S. The van der Waals surface area contributed by atoms with Crippen molar-refractivity contribution in [3.63, 3.8) is 0 Å². The van der Waals surface area contributed by atoms with Crippen LogP contribution in [0.5, 0.6) is 5.75 Å². The average Bonchev–Trinajstić information content (AvgIpc) is 3.57. The van der Waals surface area contributed by atoms with Gasteiger partial charge in [0.2, 0.25) is 0 Å². The summed E-state index contributed by atoms with van der Waals surface area (Å²) in [7, 11) is 3.39. The molecule has 1 aromatic carbocycles. The second kappa shape index (κ2) is 8.83. The summed E-state index contributed by atoms with van der Waals surface area (Å²) in [6.07, 6.45) is 1.81. The van der Waals surface area contributed by atoms with E-state index in [0.717, 1.165) is 32.3 Å². The van der Waals surface area contributed by atoms with Crippen LogP contribution in [0, 0.1) is 0 Å². The van der Waals surface area contributed by atoms with Crippen molar-refractivity contribution in [2.45, 2.75) is 39.5 Å². The first-order valence-corrected chi connectivity index (χ1v) is 12.7. The third-order valence-corrected chi connectivity index (χ3v) is 8.08. The van der Waals surface area contributed by atoms with Crippen molar-refractivity contribution in [2.24, 2.45) is 7.05 Å². The molecule has 0 unspecified atom stereocenters. The molecule has 0 atom stereocenters. The number of aromatic amines is 1. The van der Waals surface area contributed by atoms with E-state index in [9.17, 15) is 14.7 Å². The fourth-order valence-corrected chi connectivity index (χ4v) is 5.96. The van der Waals surface area contributed by atoms with Crippen molar-refractivity contribution in [1.82, 2.24) is 14.9 Å². The number of H-pyrrole nitrogens is 1. The molecular weight excluding hydrogens is 476 g/mol. The molecule has 1 aliphatic rings. The Balaban J connectivity index is 1.70. The number of pyridine rings is 1. The predicted octanol–water partition coefficient (Wildman–Crippen LogP) is 4.10. The number of carbonyl (C=O) groups is 1. The summed E-state index contributed by atoms with van der Waals surface area (Å²) >= 11 is 1.50. The van der Waals surface area contributed by atoms with Gasteiger partial charge in [0.25, 0.3) is 11.5 Å². The molecule has 188 valence electrons. The average molecular weight is 507 g/mol. The highest BCUT2D eigenvalue weighted by atomic mass is 32.1. The van der Waals surface area contributed by atoms with E-state index in [1.165, 1.54) is 21.5 Å². The number of aromatic nitrogens is 2. The maximum Gasteiger partial charge on any atom is 0.274 e. The number of amides is 1. The molecule has 3 N–H and O–H groups in total. The number of hydrogen-bond acceptors (Lipinski definition) is 6. The van der Waals surface area contributed by atoms with E-state index in [4.69, 9.17) is 4.74 Å². The van der Waals surface area contributed by atoms with Gasteiger partial charge in [-0.3, -0.25) is 9.59 Å². The summed E-state index contributed by atoms with van der Waals surface area (Å²) in [6, 6.07) is 9.85. The first kappa shape index (κ1) is 24.1. The van der Waals surface area contributed by atoms with Gasteiger partial charge in [0.1, 0.15) is 17.0 Å². The number of methoxy groups -OCH3 is 1. The topological polar surface area (TPSA) is 99.6 Å². The predicted molar refractivity (Wildman–Crippen MR) is 143 cm³/mol. The summed E-state index contributed by atoms with van der Waals surface area (Å²) in [5, 5.41) is 14.3. The molecule has 0 bridgehead atoms. The van der Waals surface area contributed by atoms with Crippen LogP contribution in [0.3, 0.4) is 0 Å². The number of ether oxygens (including phenoxy) is 1. The fourth-order valence-electron chi connectivity index (χ4n) is 4.76. The standard InChI is InChI=1S/C27H30N4O4S/c1-6-28-25(32)19-10-16-18(13-30(4)26(33)23(16)29-19)24-20(11-22(36-24)27(2,3)34)31-12-15-8-7-9-21(35-5)17(15)14-31/h7-11,13,29,34H,6,12,14H2,1-5H3,(H,28,32). The van der Waals surface area contributed by atoms with E-state index >= 15 is 0 Å². The number of anilines is 1. The van der Waals surface area contributed by atoms with Gasteiger partial charge in [-0.2, -0.15) is 0 Å². The van der Waals surface area contributed by atoms with Crippen molar-refractivity contribution in [2.75, 3.05) is 18.6 Å². The number of thiophene rings is 1. The Labute approximate surface area is 213 Å². The van der Waals surface area contributed by atoms with E-state index in [1.807, 2.05) is 31.3 Å². The van der Waals surface area contributed by atoms with Gasteiger partial charge in [-0.25, -0.2) is 0 Å². The molecule has 4 heterocycles. The lowest BCUT2D eigenvalue weighted by Crippen LogP contribution is -2.23. The zero-order valence-corrected chi connectivity index (χ0v) is 21.9. The number of hydrogen-bond donors (Lipinski definition) is 3. The number of rotatable bonds is 6. The van der Waals surface area contributed by atoms with E-state index < -0.39 is 5.60 Å². The van der Waals surface area contributed by atoms with Crippen molar-refractivity contribution < 1.29 is 14.6 Å². The van der Waals surface area contributed by atoms with E-state index in [2.05, 4.69) is 21.3 Å². The van der Waals surface area contributed by atoms with Gasteiger partial charge in [0.05, 0.1) is 23.3 Å². The smallest absolute Gasteiger partial charge is 0.274 e. The molecule has 1 amide bonds. The van der Waals surface area contributed by atoms with Gasteiger partial charge in [0, 0.05) is 54.3 Å². The van der Waals surface area contributed by atoms with Gasteiger partial charge in [0.15, 0.2) is 0 Å². The lowest BCUT2D eigenvalue weighted by atomic mass is 10.1. The Kier molecular flexibility index (Phi) is 5.92. The molecule has 0 radical (unpaired) electrons. The van der Waals surface area contributed by atoms with Gasteiger partial charge in [-0.1, -0.05) is 12.1 Å². The molecule has 8 nitrogen and oxygen atoms in total. The molecule has 0 spiro atoms. The van der Waals surface area contributed by atoms with Crippen molar-refractivity contribution >= 4 is 33.8 Å². The summed E-state index contributed by atoms with van der Waals surface area (Å²) in [6.45, 7) is 7.25. The Morgan fingerprint density at radius 2 is 2.06 bits per heavy atom. The highest BCUT2D eigenvalue weighted by Crippen LogP contribution is 2.47. The summed E-state index contributed by atoms with van der Waals surface area (Å²) in [5.74, 6) is 0.601. The number of aryl methyl sites for hydroxylation is 1. The van der Waals surface area contributed by atoms with E-state index in [1.54, 1.807) is 34.1 Å². The number of nitrogens with one attached hydrogen (secondary N) is 2. The van der Waals surface area contributed by atoms with Crippen LogP contribution in [-0.4, -0.2) is 34.2 Å². The van der Waals surface area contributed by atoms with E-state index in [0.29, 0.717) is 36.2 Å². The number of aliphatic hydroxyl groups is 1. The summed E-state index contributed by atoms with van der Waals surface area (Å²) in [5.41, 5.74) is 3.63. The largest absolute Gasteiger partial charge is 0.496 e. The monoisotopic (exact) mass is 506 g/mol. The molecule has 4 aromatic rings. The third kappa shape index (κ3) is 3.98. The lowest BCUT2D eigenvalue weighted by molar-refractivity contribution is 0.0825. The van der Waals surface area contributed by atoms with Crippen molar-refractivity contribution in [1.29, 1.82) is 0 Å². The van der Waals surface area contributed by atoms with Gasteiger partial charge in [-0.05, 0) is 44.5 Å². The first-order valence-electron chi connectivity index (χ1n) is 11.9. The minimum atomic E-state index is -1.04. The zero-order valence-electron chi connectivity index (χ0n) is 21.1. The minimum absolute atomic E-state index is 0.205. The first-order chi connectivity index (χ1) is 17.1. The number of benzene rings is 1. The summed E-state index contributed by atoms with van der Waals surface area (Å²) in [4.78, 5) is 32.6. The second-order valence-corrected chi connectivity index (χ2v) is 10.7. The molecule has 3 aromatic heterocycles. The molecule has 0 saturated heterocycles. The van der Waals surface area contributed by atoms with Crippen LogP contribution in [0.15, 0.2) is 41.3 Å². The van der Waals surface area contributed by atoms with Crippen LogP contribution in [0.2, 0.25) is 0 Å². The Hall–Kier alpha value is -3.56. The molecule has 9 heteroatoms. The molecule has 0 aliphatic carbocycles. The maximum absolute atomic E-state index is 13.0. The molecule has 0 fully saturated rings. The van der Waals surface area contributed by atoms with Crippen molar-refractivity contribution in [3.05, 3.63) is 68.6 Å². The van der Waals surface area contributed by atoms with Crippen molar-refractivity contribution in [3.8, 4) is 16.2 Å². The maximum atomic E-state index is 13.0. The highest BCUT2D eigenvalue weighted by molar-refractivity contribution is 7.16. The van der Waals surface area contributed by atoms with Crippen LogP contribution in [0.25, 0.3) is 21.3 Å². The third-order valence-electron chi connectivity index (χ3n) is 6.61. The Morgan fingerprint density at radius 3 is 2.75 bits per heavy atom. The highest BCUT2D eigenvalue weighted by Gasteiger charge is 2.30. The molecule has 5 rings (SSSR count). The number of fused-ring (bicyclic) bond motifs is 2. The zero-order chi connectivity index (χ0) is 25.8. The van der Waals surface area contributed by atoms with Gasteiger partial charge >= 0.3 is 0 Å². The molecule has 1 aliphatic heterocycles. The SMILES string of the molecule is CCNC(=O)c1cc2c(-c3sc(C(C)(C)O)cc3N3Cc4cccc(OC)c4C3)cn(C)c(=O)c2[nH]1. The number of nitrogens with zero attached hydrogens (tertiary/aromatic N) is 2. The quantitative estimate of drug-likeness (QED) is 0.366. The van der Waals surface area contributed by atoms with Crippen LogP contribution >= 0.6 is 11.3 Å². The van der Waals surface area contributed by atoms with Crippen LogP contribution in [0.1, 0.15) is 47.3 Å². The Morgan fingerprint density at radius 1 is 1.28 bits per heavy atom. The minimum Gasteiger partial charge on any atom is -0.496 e. The van der Waals surface area contributed by atoms with Crippen LogP contribution < -0.4 is 20.5 Å². The van der Waals surface area contributed by atoms with Crippen LogP contribution in [-0.2, 0) is 25.7 Å². The molecule has 36 heavy (non-hydrogen) atoms. The lowest BCUT2D eigenvalue weighted by Gasteiger charge is -2.19.